The second kappa shape index (κ2) is 3.34. The highest BCUT2D eigenvalue weighted by Gasteiger charge is 2.11. The van der Waals surface area contributed by atoms with Crippen LogP contribution in [0.5, 0.6) is 0 Å². The van der Waals surface area contributed by atoms with Crippen molar-refractivity contribution in [3.05, 3.63) is 21.5 Å². The van der Waals surface area contributed by atoms with Crippen molar-refractivity contribution in [2.45, 2.75) is 0 Å². The van der Waals surface area contributed by atoms with Crippen LogP contribution in [0.15, 0.2) is 12.3 Å². The van der Waals surface area contributed by atoms with Crippen molar-refractivity contribution in [2.24, 2.45) is 0 Å². The van der Waals surface area contributed by atoms with Gasteiger partial charge in [0.2, 0.25) is 0 Å². The number of carbonyl (C=O) groups is 1. The minimum atomic E-state index is -0.911. The van der Waals surface area contributed by atoms with Gasteiger partial charge >= 0.3 is 5.97 Å². The van der Waals surface area contributed by atoms with Crippen LogP contribution in [-0.2, 0) is 0 Å². The largest absolute Gasteiger partial charge is 0.477 e. The Morgan fingerprint density at radius 3 is 2.58 bits per heavy atom. The monoisotopic (exact) mass is 280 g/mol. The Hall–Kier alpha value is -0.720. The van der Waals surface area contributed by atoms with Crippen LogP contribution in [0, 0.1) is 3.57 Å². The molecule has 1 N–H and O–H groups in total. The van der Waals surface area contributed by atoms with Gasteiger partial charge in [-0.25, -0.2) is 4.79 Å². The fourth-order valence-corrected chi connectivity index (χ4v) is 1.47. The first kappa shape index (κ1) is 9.37. The number of carboxylic acids is 1. The van der Waals surface area contributed by atoms with E-state index in [2.05, 4.69) is 22.6 Å². The number of hydrogen-bond acceptors (Lipinski definition) is 2. The van der Waals surface area contributed by atoms with E-state index in [0.29, 0.717) is 0 Å². The molecule has 1 heterocycles. The molecule has 0 aliphatic rings. The van der Waals surface area contributed by atoms with E-state index in [0.717, 1.165) is 3.57 Å². The summed E-state index contributed by atoms with van der Waals surface area (Å²) in [4.78, 5) is 10.7. The normalized spacial score (nSPS) is 9.92. The summed E-state index contributed by atoms with van der Waals surface area (Å²) in [5.74, 6) is -0.911. The van der Waals surface area contributed by atoms with Crippen LogP contribution >= 0.6 is 22.6 Å². The Kier molecular flexibility index (Phi) is 2.61. The zero-order valence-corrected chi connectivity index (χ0v) is 8.94. The molecule has 0 radical (unpaired) electrons. The Morgan fingerprint density at radius 2 is 2.25 bits per heavy atom. The van der Waals surface area contributed by atoms with Gasteiger partial charge in [0.1, 0.15) is 5.69 Å². The quantitative estimate of drug-likeness (QED) is 0.822. The average molecular weight is 280 g/mol. The topological polar surface area (TPSA) is 45.5 Å². The Balaban J connectivity index is 3.17. The molecule has 0 fully saturated rings. The first-order chi connectivity index (χ1) is 5.52. The Labute approximate surface area is 83.9 Å². The minimum absolute atomic E-state index is 0.282. The highest BCUT2D eigenvalue weighted by molar-refractivity contribution is 14.1. The van der Waals surface area contributed by atoms with Crippen LogP contribution in [0.1, 0.15) is 10.5 Å². The van der Waals surface area contributed by atoms with Gasteiger partial charge in [-0.3, -0.25) is 4.68 Å². The summed E-state index contributed by atoms with van der Waals surface area (Å²) < 4.78 is 2.50. The minimum Gasteiger partial charge on any atom is -0.477 e. The molecule has 0 atom stereocenters. The average Bonchev–Trinajstić information content (AvgIpc) is 2.31. The summed E-state index contributed by atoms with van der Waals surface area (Å²) in [7, 11) is 3.59. The second-order valence-corrected chi connectivity index (χ2v) is 3.79. The van der Waals surface area contributed by atoms with E-state index in [9.17, 15) is 4.79 Å². The van der Waals surface area contributed by atoms with Crippen molar-refractivity contribution in [3.63, 3.8) is 0 Å². The van der Waals surface area contributed by atoms with Crippen LogP contribution in [-0.4, -0.2) is 29.8 Å². The number of hydrogen-bond donors (Lipinski definition) is 1. The molecule has 66 valence electrons. The van der Waals surface area contributed by atoms with Gasteiger partial charge in [-0.05, 0) is 28.7 Å². The van der Waals surface area contributed by atoms with Gasteiger partial charge in [0, 0.05) is 23.9 Å². The molecule has 0 amide bonds. The van der Waals surface area contributed by atoms with Crippen molar-refractivity contribution in [1.29, 1.82) is 0 Å². The molecule has 1 aromatic heterocycles. The van der Waals surface area contributed by atoms with Crippen molar-refractivity contribution in [2.75, 3.05) is 19.1 Å². The van der Waals surface area contributed by atoms with Gasteiger partial charge in [-0.2, -0.15) is 0 Å². The Morgan fingerprint density at radius 1 is 1.67 bits per heavy atom. The molecule has 0 aromatic carbocycles. The molecule has 0 unspecified atom stereocenters. The molecule has 1 aromatic rings. The van der Waals surface area contributed by atoms with Gasteiger partial charge < -0.3 is 10.1 Å². The highest BCUT2D eigenvalue weighted by atomic mass is 127. The van der Waals surface area contributed by atoms with E-state index in [-0.39, 0.29) is 5.69 Å². The van der Waals surface area contributed by atoms with Gasteiger partial charge in [0.15, 0.2) is 0 Å². The molecule has 12 heavy (non-hydrogen) atoms. The van der Waals surface area contributed by atoms with Crippen molar-refractivity contribution < 1.29 is 9.90 Å². The fraction of sp³-hybridized carbons (Fsp3) is 0.286. The maximum Gasteiger partial charge on any atom is 0.354 e. The lowest BCUT2D eigenvalue weighted by molar-refractivity contribution is 0.0685. The highest BCUT2D eigenvalue weighted by Crippen LogP contribution is 2.10. The van der Waals surface area contributed by atoms with E-state index >= 15 is 0 Å². The molecular weight excluding hydrogens is 271 g/mol. The summed E-state index contributed by atoms with van der Waals surface area (Å²) in [6.45, 7) is 0. The predicted octanol–water partition coefficient (Wildman–Crippen LogP) is 0.988. The van der Waals surface area contributed by atoms with Gasteiger partial charge in [-0.15, -0.1) is 0 Å². The third-order valence-corrected chi connectivity index (χ3v) is 2.01. The predicted molar refractivity (Wildman–Crippen MR) is 54.2 cm³/mol. The molecule has 0 aliphatic carbocycles. The van der Waals surface area contributed by atoms with Crippen LogP contribution in [0.2, 0.25) is 0 Å². The van der Waals surface area contributed by atoms with Crippen LogP contribution in [0.4, 0.5) is 0 Å². The van der Waals surface area contributed by atoms with Crippen LogP contribution < -0.4 is 5.01 Å². The number of nitrogens with zero attached hydrogens (tertiary/aromatic N) is 2. The lowest BCUT2D eigenvalue weighted by Crippen LogP contribution is -2.27. The van der Waals surface area contributed by atoms with Gasteiger partial charge in [0.05, 0.1) is 0 Å². The third kappa shape index (κ3) is 1.71. The number of halogens is 1. The summed E-state index contributed by atoms with van der Waals surface area (Å²) in [5, 5.41) is 10.5. The van der Waals surface area contributed by atoms with Crippen molar-refractivity contribution in [3.8, 4) is 0 Å². The van der Waals surface area contributed by atoms with E-state index in [1.807, 2.05) is 0 Å². The summed E-state index contributed by atoms with van der Waals surface area (Å²) >= 11 is 2.08. The van der Waals surface area contributed by atoms with E-state index in [1.54, 1.807) is 36.0 Å². The zero-order chi connectivity index (χ0) is 9.30. The molecule has 1 rings (SSSR count). The van der Waals surface area contributed by atoms with Crippen molar-refractivity contribution in [1.82, 2.24) is 4.68 Å². The number of aromatic carboxylic acids is 1. The second-order valence-electron chi connectivity index (χ2n) is 2.54. The smallest absolute Gasteiger partial charge is 0.354 e. The summed E-state index contributed by atoms with van der Waals surface area (Å²) in [6.07, 6.45) is 1.77. The Bertz CT molecular complexity index is 306. The molecule has 0 bridgehead atoms. The van der Waals surface area contributed by atoms with E-state index in [4.69, 9.17) is 5.11 Å². The zero-order valence-electron chi connectivity index (χ0n) is 6.78. The molecular formula is C7H9IN2O2. The summed E-state index contributed by atoms with van der Waals surface area (Å²) in [6, 6.07) is 1.63. The number of rotatable bonds is 2. The lowest BCUT2D eigenvalue weighted by atomic mass is 10.4. The summed E-state index contributed by atoms with van der Waals surface area (Å²) in [5.41, 5.74) is 0.282. The van der Waals surface area contributed by atoms with E-state index < -0.39 is 5.97 Å². The number of carboxylic acid groups (broad SMARTS) is 1. The third-order valence-electron chi connectivity index (χ3n) is 1.42. The molecule has 4 nitrogen and oxygen atoms in total. The van der Waals surface area contributed by atoms with Crippen LogP contribution in [0.3, 0.4) is 0 Å². The maximum absolute atomic E-state index is 10.7. The van der Waals surface area contributed by atoms with Crippen molar-refractivity contribution >= 4 is 28.6 Å². The SMILES string of the molecule is CN(C)n1cc(I)cc1C(=O)O. The lowest BCUT2D eigenvalue weighted by Gasteiger charge is -2.15. The fourth-order valence-electron chi connectivity index (χ4n) is 0.911. The molecule has 0 saturated carbocycles. The maximum atomic E-state index is 10.7. The molecule has 0 spiro atoms. The molecule has 5 heteroatoms. The standard InChI is InChI=1S/C7H9IN2O2/c1-9(2)10-4-5(8)3-6(10)7(11)12/h3-4H,1-2H3,(H,11,12). The molecule has 0 aliphatic heterocycles. The van der Waals surface area contributed by atoms with E-state index in [1.165, 1.54) is 0 Å². The van der Waals surface area contributed by atoms with Crippen LogP contribution in [0.25, 0.3) is 0 Å². The van der Waals surface area contributed by atoms with Gasteiger partial charge in [-0.1, -0.05) is 0 Å². The van der Waals surface area contributed by atoms with Gasteiger partial charge in [0.25, 0.3) is 0 Å². The first-order valence-corrected chi connectivity index (χ1v) is 4.39. The molecule has 0 saturated heterocycles. The first-order valence-electron chi connectivity index (χ1n) is 3.31. The number of aromatic nitrogens is 1.